The van der Waals surface area contributed by atoms with E-state index in [0.717, 1.165) is 22.6 Å². The Balaban J connectivity index is 1.65. The number of benzene rings is 2. The summed E-state index contributed by atoms with van der Waals surface area (Å²) in [4.78, 5) is 0. The van der Waals surface area contributed by atoms with Gasteiger partial charge in [-0.2, -0.15) is 5.10 Å². The lowest BCUT2D eigenvalue weighted by molar-refractivity contribution is 0.431. The van der Waals surface area contributed by atoms with Gasteiger partial charge in [-0.05, 0) is 23.8 Å². The summed E-state index contributed by atoms with van der Waals surface area (Å²) in [5.74, 6) is 1.24. The molecule has 0 amide bonds. The van der Waals surface area contributed by atoms with Crippen molar-refractivity contribution in [3.63, 3.8) is 0 Å². The van der Waals surface area contributed by atoms with Gasteiger partial charge in [0.25, 0.3) is 0 Å². The Morgan fingerprint density at radius 2 is 1.93 bits per heavy atom. The van der Waals surface area contributed by atoms with Gasteiger partial charge in [-0.15, -0.1) is 0 Å². The van der Waals surface area contributed by atoms with Crippen molar-refractivity contribution < 1.29 is 4.74 Å². The highest BCUT2D eigenvalue weighted by Crippen LogP contribution is 2.28. The van der Waals surface area contributed by atoms with Gasteiger partial charge in [0.1, 0.15) is 11.4 Å². The molecule has 2 heterocycles. The second-order valence-corrected chi connectivity index (χ2v) is 6.03. The largest absolute Gasteiger partial charge is 0.453 e. The van der Waals surface area contributed by atoms with Crippen LogP contribution in [0.1, 0.15) is 11.3 Å². The average Bonchev–Trinajstić information content (AvgIpc) is 3.18. The van der Waals surface area contributed by atoms with Crippen molar-refractivity contribution in [1.29, 1.82) is 0 Å². The van der Waals surface area contributed by atoms with Gasteiger partial charge in [0.2, 0.25) is 0 Å². The molecule has 0 atom stereocenters. The van der Waals surface area contributed by atoms with Gasteiger partial charge in [-0.3, -0.25) is 0 Å². The number of anilines is 1. The Kier molecular flexibility index (Phi) is 4.51. The Labute approximate surface area is 156 Å². The third kappa shape index (κ3) is 3.63. The summed E-state index contributed by atoms with van der Waals surface area (Å²) in [5.41, 5.74) is 21.9. The van der Waals surface area contributed by atoms with Gasteiger partial charge in [0.05, 0.1) is 17.6 Å². The van der Waals surface area contributed by atoms with Crippen LogP contribution in [0.5, 0.6) is 5.75 Å². The zero-order chi connectivity index (χ0) is 18.6. The molecule has 7 heteroatoms. The number of ether oxygens (including phenoxy) is 1. The molecule has 0 aliphatic carbocycles. The van der Waals surface area contributed by atoms with Crippen molar-refractivity contribution in [2.45, 2.75) is 6.54 Å². The van der Waals surface area contributed by atoms with Crippen LogP contribution in [0.15, 0.2) is 78.8 Å². The summed E-state index contributed by atoms with van der Waals surface area (Å²) in [5, 5.41) is 4.45. The molecule has 27 heavy (non-hydrogen) atoms. The highest BCUT2D eigenvalue weighted by Gasteiger charge is 2.13. The van der Waals surface area contributed by atoms with E-state index in [1.165, 1.54) is 0 Å². The van der Waals surface area contributed by atoms with Gasteiger partial charge >= 0.3 is 0 Å². The third-order valence-electron chi connectivity index (χ3n) is 4.10. The number of nitrogens with zero attached hydrogens (tertiary/aromatic N) is 2. The van der Waals surface area contributed by atoms with E-state index in [1.54, 1.807) is 16.9 Å². The lowest BCUT2D eigenvalue weighted by Crippen LogP contribution is -2.29. The smallest absolute Gasteiger partial charge is 0.155 e. The predicted molar refractivity (Wildman–Crippen MR) is 105 cm³/mol. The number of hydrazine groups is 1. The Hall–Kier alpha value is -3.71. The molecule has 1 aliphatic heterocycles. The molecule has 4 rings (SSSR count). The SMILES string of the molecule is NCc1ccn(-c2ccc(N)cc2OC2=CNNC(c3ccccc3)=C2)n1. The molecule has 6 N–H and O–H groups in total. The fourth-order valence-electron chi connectivity index (χ4n) is 2.77. The monoisotopic (exact) mass is 360 g/mol. The van der Waals surface area contributed by atoms with Crippen LogP contribution in [-0.4, -0.2) is 9.78 Å². The van der Waals surface area contributed by atoms with Crippen LogP contribution in [0.3, 0.4) is 0 Å². The molecular weight excluding hydrogens is 340 g/mol. The minimum Gasteiger partial charge on any atom is -0.453 e. The number of nitrogen functional groups attached to an aromatic ring is 1. The normalized spacial score (nSPS) is 13.2. The van der Waals surface area contributed by atoms with Crippen LogP contribution in [-0.2, 0) is 6.54 Å². The summed E-state index contributed by atoms with van der Waals surface area (Å²) in [6, 6.07) is 17.3. The number of aromatic nitrogens is 2. The maximum absolute atomic E-state index is 6.13. The molecule has 1 aliphatic rings. The number of hydrogen-bond donors (Lipinski definition) is 4. The summed E-state index contributed by atoms with van der Waals surface area (Å²) < 4.78 is 7.86. The summed E-state index contributed by atoms with van der Waals surface area (Å²) in [7, 11) is 0. The number of allylic oxidation sites excluding steroid dienone is 1. The van der Waals surface area contributed by atoms with Crippen molar-refractivity contribution in [3.8, 4) is 11.4 Å². The Morgan fingerprint density at radius 1 is 1.07 bits per heavy atom. The van der Waals surface area contributed by atoms with E-state index in [1.807, 2.05) is 60.8 Å². The standard InChI is InChI=1S/C20H20N6O/c21-12-16-8-9-26(25-16)19-7-6-15(22)10-20(19)27-17-11-18(24-23-13-17)14-4-2-1-3-5-14/h1-11,13,23-24H,12,21-22H2. The zero-order valence-corrected chi connectivity index (χ0v) is 14.6. The minimum absolute atomic E-state index is 0.377. The topological polar surface area (TPSA) is 103 Å². The molecule has 0 bridgehead atoms. The van der Waals surface area contributed by atoms with E-state index in [9.17, 15) is 0 Å². The molecule has 7 nitrogen and oxygen atoms in total. The van der Waals surface area contributed by atoms with Crippen molar-refractivity contribution in [1.82, 2.24) is 20.6 Å². The van der Waals surface area contributed by atoms with Crippen molar-refractivity contribution in [2.75, 3.05) is 5.73 Å². The lowest BCUT2D eigenvalue weighted by atomic mass is 10.1. The molecule has 0 saturated heterocycles. The predicted octanol–water partition coefficient (Wildman–Crippen LogP) is 2.28. The average molecular weight is 360 g/mol. The van der Waals surface area contributed by atoms with E-state index in [4.69, 9.17) is 16.2 Å². The van der Waals surface area contributed by atoms with E-state index in [0.29, 0.717) is 23.7 Å². The van der Waals surface area contributed by atoms with Gasteiger partial charge < -0.3 is 27.1 Å². The summed E-state index contributed by atoms with van der Waals surface area (Å²) in [6.45, 7) is 0.377. The minimum atomic E-state index is 0.377. The fraction of sp³-hybridized carbons (Fsp3) is 0.0500. The molecule has 0 radical (unpaired) electrons. The fourth-order valence-corrected chi connectivity index (χ4v) is 2.77. The quantitative estimate of drug-likeness (QED) is 0.521. The van der Waals surface area contributed by atoms with E-state index in [2.05, 4.69) is 16.0 Å². The first-order chi connectivity index (χ1) is 13.2. The molecule has 0 fully saturated rings. The Bertz CT molecular complexity index is 1010. The van der Waals surface area contributed by atoms with Crippen LogP contribution in [0, 0.1) is 0 Å². The highest BCUT2D eigenvalue weighted by molar-refractivity contribution is 5.67. The molecule has 0 saturated carbocycles. The number of rotatable bonds is 5. The van der Waals surface area contributed by atoms with Gasteiger partial charge in [-0.25, -0.2) is 4.68 Å². The molecule has 0 unspecified atom stereocenters. The maximum Gasteiger partial charge on any atom is 0.155 e. The number of hydrogen-bond acceptors (Lipinski definition) is 6. The maximum atomic E-state index is 6.13. The second-order valence-electron chi connectivity index (χ2n) is 6.03. The summed E-state index contributed by atoms with van der Waals surface area (Å²) in [6.07, 6.45) is 5.52. The van der Waals surface area contributed by atoms with Gasteiger partial charge in [-0.1, -0.05) is 30.3 Å². The van der Waals surface area contributed by atoms with Crippen LogP contribution in [0.2, 0.25) is 0 Å². The van der Waals surface area contributed by atoms with Crippen molar-refractivity contribution in [3.05, 3.63) is 90.1 Å². The molecule has 136 valence electrons. The Morgan fingerprint density at radius 3 is 2.70 bits per heavy atom. The lowest BCUT2D eigenvalue weighted by Gasteiger charge is -2.19. The molecule has 0 spiro atoms. The first-order valence-corrected chi connectivity index (χ1v) is 8.54. The van der Waals surface area contributed by atoms with Crippen molar-refractivity contribution in [2.24, 2.45) is 5.73 Å². The first kappa shape index (κ1) is 16.7. The second kappa shape index (κ2) is 7.27. The van der Waals surface area contributed by atoms with Gasteiger partial charge in [0, 0.05) is 30.6 Å². The molecule has 1 aromatic heterocycles. The number of nitrogens with one attached hydrogen (secondary N) is 2. The van der Waals surface area contributed by atoms with Crippen LogP contribution in [0.4, 0.5) is 5.69 Å². The zero-order valence-electron chi connectivity index (χ0n) is 14.6. The molecule has 3 aromatic rings. The first-order valence-electron chi connectivity index (χ1n) is 8.54. The van der Waals surface area contributed by atoms with E-state index < -0.39 is 0 Å². The molecular formula is C20H20N6O. The van der Waals surface area contributed by atoms with E-state index in [-0.39, 0.29) is 0 Å². The van der Waals surface area contributed by atoms with Crippen LogP contribution in [0.25, 0.3) is 11.4 Å². The van der Waals surface area contributed by atoms with Crippen LogP contribution >= 0.6 is 0 Å². The highest BCUT2D eigenvalue weighted by atomic mass is 16.5. The third-order valence-corrected chi connectivity index (χ3v) is 4.10. The van der Waals surface area contributed by atoms with Crippen LogP contribution < -0.4 is 27.1 Å². The van der Waals surface area contributed by atoms with E-state index >= 15 is 0 Å². The molecule has 2 aromatic carbocycles. The number of nitrogens with two attached hydrogens (primary N) is 2. The van der Waals surface area contributed by atoms with Crippen molar-refractivity contribution >= 4 is 11.4 Å². The summed E-state index contributed by atoms with van der Waals surface area (Å²) >= 11 is 0. The van der Waals surface area contributed by atoms with Gasteiger partial charge in [0.15, 0.2) is 5.75 Å².